The normalized spacial score (nSPS) is 11.7. The standard InChI is InChI=1S/C21H12F3N5O3S2/c22-21(23,24)14-7-9(12-3-1-5-32-12)15-16(17(18(25)30)34-20(15)26-14)27-19(31)11-8-10(28-29-11)13-4-2-6-33-13/h1-8H,(H2,25,30)(H,27,31)(H,28,29). The Morgan fingerprint density at radius 1 is 1.18 bits per heavy atom. The van der Waals surface area contributed by atoms with Crippen LogP contribution >= 0.6 is 22.7 Å². The maximum Gasteiger partial charge on any atom is 0.433 e. The van der Waals surface area contributed by atoms with Crippen LogP contribution in [0.3, 0.4) is 0 Å². The van der Waals surface area contributed by atoms with Crippen molar-refractivity contribution in [2.75, 3.05) is 5.32 Å². The van der Waals surface area contributed by atoms with E-state index in [4.69, 9.17) is 10.2 Å². The number of amides is 2. The molecule has 0 bridgehead atoms. The second-order valence-corrected chi connectivity index (χ2v) is 8.93. The van der Waals surface area contributed by atoms with Crippen LogP contribution in [0, 0.1) is 0 Å². The Balaban J connectivity index is 1.65. The van der Waals surface area contributed by atoms with Crippen molar-refractivity contribution >= 4 is 50.4 Å². The Hall–Kier alpha value is -3.97. The van der Waals surface area contributed by atoms with E-state index in [0.29, 0.717) is 17.0 Å². The molecule has 0 aliphatic rings. The lowest BCUT2D eigenvalue weighted by Gasteiger charge is -2.10. The van der Waals surface area contributed by atoms with Gasteiger partial charge in [-0.25, -0.2) is 4.98 Å². The first-order valence-corrected chi connectivity index (χ1v) is 11.2. The van der Waals surface area contributed by atoms with Crippen molar-refractivity contribution in [2.45, 2.75) is 6.18 Å². The molecule has 0 saturated carbocycles. The number of carbonyl (C=O) groups excluding carboxylic acids is 2. The minimum atomic E-state index is -4.75. The van der Waals surface area contributed by atoms with Crippen LogP contribution in [-0.2, 0) is 6.18 Å². The number of rotatable bonds is 5. The molecule has 0 saturated heterocycles. The molecule has 2 amide bonds. The number of nitrogens with two attached hydrogens (primary N) is 1. The Labute approximate surface area is 196 Å². The van der Waals surface area contributed by atoms with E-state index in [1.165, 1.54) is 35.8 Å². The van der Waals surface area contributed by atoms with Crippen molar-refractivity contribution in [1.29, 1.82) is 0 Å². The third kappa shape index (κ3) is 3.84. The number of aromatic amines is 1. The molecule has 5 heterocycles. The minimum Gasteiger partial charge on any atom is -0.464 e. The van der Waals surface area contributed by atoms with Crippen LogP contribution in [0.2, 0.25) is 0 Å². The van der Waals surface area contributed by atoms with Crippen LogP contribution in [0.5, 0.6) is 0 Å². The summed E-state index contributed by atoms with van der Waals surface area (Å²) >= 11 is 2.09. The maximum atomic E-state index is 13.5. The number of fused-ring (bicyclic) bond motifs is 1. The van der Waals surface area contributed by atoms with E-state index in [0.717, 1.165) is 10.9 Å². The van der Waals surface area contributed by atoms with Gasteiger partial charge >= 0.3 is 6.18 Å². The molecule has 0 aromatic carbocycles. The molecule has 0 radical (unpaired) electrons. The van der Waals surface area contributed by atoms with Crippen LogP contribution in [0.25, 0.3) is 32.1 Å². The number of nitrogens with zero attached hydrogens (tertiary/aromatic N) is 2. The van der Waals surface area contributed by atoms with Gasteiger partial charge in [-0.3, -0.25) is 14.7 Å². The zero-order valence-electron chi connectivity index (χ0n) is 16.8. The fraction of sp³-hybridized carbons (Fsp3) is 0.0476. The second-order valence-electron chi connectivity index (χ2n) is 6.98. The topological polar surface area (TPSA) is 127 Å². The summed E-state index contributed by atoms with van der Waals surface area (Å²) in [4.78, 5) is 29.4. The number of anilines is 1. The highest BCUT2D eigenvalue weighted by atomic mass is 32.1. The monoisotopic (exact) mass is 503 g/mol. The zero-order valence-corrected chi connectivity index (χ0v) is 18.4. The van der Waals surface area contributed by atoms with E-state index in [2.05, 4.69) is 20.5 Å². The number of aromatic nitrogens is 3. The number of hydrogen-bond donors (Lipinski definition) is 3. The molecule has 8 nitrogen and oxygen atoms in total. The molecule has 0 fully saturated rings. The van der Waals surface area contributed by atoms with Crippen LogP contribution in [-0.4, -0.2) is 27.0 Å². The number of furan rings is 1. The smallest absolute Gasteiger partial charge is 0.433 e. The van der Waals surface area contributed by atoms with Gasteiger partial charge in [0.25, 0.3) is 11.8 Å². The van der Waals surface area contributed by atoms with Gasteiger partial charge in [0.1, 0.15) is 21.2 Å². The summed E-state index contributed by atoms with van der Waals surface area (Å²) in [6.45, 7) is 0. The lowest BCUT2D eigenvalue weighted by atomic mass is 10.1. The number of pyridine rings is 1. The van der Waals surface area contributed by atoms with Gasteiger partial charge in [0.15, 0.2) is 5.69 Å². The van der Waals surface area contributed by atoms with E-state index in [1.807, 2.05) is 17.5 Å². The predicted molar refractivity (Wildman–Crippen MR) is 121 cm³/mol. The van der Waals surface area contributed by atoms with Gasteiger partial charge in [-0.1, -0.05) is 6.07 Å². The highest BCUT2D eigenvalue weighted by Crippen LogP contribution is 2.43. The predicted octanol–water partition coefficient (Wildman–Crippen LogP) is 5.38. The summed E-state index contributed by atoms with van der Waals surface area (Å²) in [7, 11) is 0. The molecule has 0 atom stereocenters. The number of hydrogen-bond acceptors (Lipinski definition) is 7. The van der Waals surface area contributed by atoms with Gasteiger partial charge in [-0.15, -0.1) is 22.7 Å². The SMILES string of the molecule is NC(=O)c1sc2nc(C(F)(F)F)cc(-c3ccco3)c2c1NC(=O)c1cc(-c2cccs2)[nH]n1. The van der Waals surface area contributed by atoms with Gasteiger partial charge in [-0.2, -0.15) is 18.3 Å². The number of carbonyl (C=O) groups is 2. The van der Waals surface area contributed by atoms with E-state index >= 15 is 0 Å². The first-order chi connectivity index (χ1) is 16.2. The highest BCUT2D eigenvalue weighted by Gasteiger charge is 2.35. The van der Waals surface area contributed by atoms with Gasteiger partial charge in [0.2, 0.25) is 0 Å². The number of alkyl halides is 3. The largest absolute Gasteiger partial charge is 0.464 e. The molecule has 0 aliphatic carbocycles. The van der Waals surface area contributed by atoms with Crippen molar-refractivity contribution in [2.24, 2.45) is 5.73 Å². The van der Waals surface area contributed by atoms with Crippen molar-refractivity contribution in [3.63, 3.8) is 0 Å². The Morgan fingerprint density at radius 2 is 2.00 bits per heavy atom. The molecule has 172 valence electrons. The number of H-pyrrole nitrogens is 1. The lowest BCUT2D eigenvalue weighted by molar-refractivity contribution is -0.140. The van der Waals surface area contributed by atoms with Crippen LogP contribution in [0.4, 0.5) is 18.9 Å². The third-order valence-electron chi connectivity index (χ3n) is 4.80. The summed E-state index contributed by atoms with van der Waals surface area (Å²) in [6.07, 6.45) is -3.45. The third-order valence-corrected chi connectivity index (χ3v) is 6.80. The molecule has 0 unspecified atom stereocenters. The fourth-order valence-corrected chi connectivity index (χ4v) is 5.04. The van der Waals surface area contributed by atoms with Crippen LogP contribution < -0.4 is 11.1 Å². The van der Waals surface area contributed by atoms with Gasteiger partial charge in [0.05, 0.1) is 22.5 Å². The molecule has 5 aromatic rings. The molecule has 0 spiro atoms. The van der Waals surface area contributed by atoms with Crippen molar-refractivity contribution < 1.29 is 27.2 Å². The lowest BCUT2D eigenvalue weighted by Crippen LogP contribution is -2.17. The van der Waals surface area contributed by atoms with Crippen molar-refractivity contribution in [1.82, 2.24) is 15.2 Å². The van der Waals surface area contributed by atoms with E-state index in [9.17, 15) is 22.8 Å². The summed E-state index contributed by atoms with van der Waals surface area (Å²) in [6, 6.07) is 8.98. The Bertz CT molecular complexity index is 1520. The number of nitrogens with one attached hydrogen (secondary N) is 2. The van der Waals surface area contributed by atoms with Crippen LogP contribution in [0.15, 0.2) is 52.5 Å². The molecular formula is C21H12F3N5O3S2. The van der Waals surface area contributed by atoms with Gasteiger partial charge in [0, 0.05) is 10.9 Å². The van der Waals surface area contributed by atoms with Gasteiger partial charge in [-0.05, 0) is 35.7 Å². The molecular weight excluding hydrogens is 491 g/mol. The molecule has 0 aliphatic heterocycles. The molecule has 34 heavy (non-hydrogen) atoms. The van der Waals surface area contributed by atoms with Crippen molar-refractivity contribution in [3.05, 3.63) is 64.3 Å². The molecule has 5 aromatic heterocycles. The first kappa shape index (κ1) is 21.9. The summed E-state index contributed by atoms with van der Waals surface area (Å²) in [5.41, 5.74) is 4.87. The number of primary amides is 1. The highest BCUT2D eigenvalue weighted by molar-refractivity contribution is 7.21. The second kappa shape index (κ2) is 8.11. The van der Waals surface area contributed by atoms with E-state index in [1.54, 1.807) is 0 Å². The van der Waals surface area contributed by atoms with Crippen LogP contribution in [0.1, 0.15) is 25.9 Å². The summed E-state index contributed by atoms with van der Waals surface area (Å²) in [5, 5.41) is 11.3. The summed E-state index contributed by atoms with van der Waals surface area (Å²) < 4.78 is 45.8. The maximum absolute atomic E-state index is 13.5. The number of halogens is 3. The first-order valence-electron chi connectivity index (χ1n) is 9.51. The number of thiophene rings is 2. The average Bonchev–Trinajstić information content (AvgIpc) is 3.59. The molecule has 13 heteroatoms. The zero-order chi connectivity index (χ0) is 24.0. The quantitative estimate of drug-likeness (QED) is 0.297. The average molecular weight is 503 g/mol. The Kier molecular flexibility index (Phi) is 5.21. The van der Waals surface area contributed by atoms with E-state index < -0.39 is 23.7 Å². The fourth-order valence-electron chi connectivity index (χ4n) is 3.34. The summed E-state index contributed by atoms with van der Waals surface area (Å²) in [5.74, 6) is -1.52. The molecule has 4 N–H and O–H groups in total. The molecule has 5 rings (SSSR count). The minimum absolute atomic E-state index is 0.00248. The van der Waals surface area contributed by atoms with Crippen molar-refractivity contribution in [3.8, 4) is 21.9 Å². The Morgan fingerprint density at radius 3 is 2.65 bits per heavy atom. The van der Waals surface area contributed by atoms with E-state index in [-0.39, 0.29) is 37.8 Å². The van der Waals surface area contributed by atoms with Gasteiger partial charge < -0.3 is 15.5 Å².